The van der Waals surface area contributed by atoms with E-state index in [0.717, 1.165) is 25.7 Å². The molecule has 0 unspecified atom stereocenters. The van der Waals surface area contributed by atoms with Crippen LogP contribution >= 0.6 is 0 Å². The van der Waals surface area contributed by atoms with Gasteiger partial charge in [-0.1, -0.05) is 24.5 Å². The predicted molar refractivity (Wildman–Crippen MR) is 70.6 cm³/mol. The third kappa shape index (κ3) is 1.97. The van der Waals surface area contributed by atoms with Crippen molar-refractivity contribution in [3.05, 3.63) is 22.5 Å². The lowest BCUT2D eigenvalue weighted by Gasteiger charge is -2.21. The molecule has 1 amide bonds. The van der Waals surface area contributed by atoms with Crippen LogP contribution in [-0.4, -0.2) is 37.3 Å². The van der Waals surface area contributed by atoms with E-state index in [1.807, 2.05) is 0 Å². The molecule has 3 rings (SSSR count). The minimum Gasteiger partial charge on any atom is -0.354 e. The zero-order valence-electron chi connectivity index (χ0n) is 11.2. The highest BCUT2D eigenvalue weighted by Crippen LogP contribution is 2.25. The highest BCUT2D eigenvalue weighted by atomic mass is 16.2. The number of carbonyl (C=O) groups is 1. The third-order valence-corrected chi connectivity index (χ3v) is 3.74. The molecule has 1 N–H and O–H groups in total. The number of aromatic nitrogens is 5. The molecule has 0 atom stereocenters. The van der Waals surface area contributed by atoms with Crippen LogP contribution in [0.3, 0.4) is 0 Å². The SMILES string of the molecule is CNC(=O)c1ncn2c(=O)n(C3CCCCC3)nnc12. The van der Waals surface area contributed by atoms with E-state index in [1.165, 1.54) is 28.9 Å². The summed E-state index contributed by atoms with van der Waals surface area (Å²) in [5.74, 6) is -0.378. The maximum absolute atomic E-state index is 12.4. The van der Waals surface area contributed by atoms with Crippen LogP contribution < -0.4 is 11.0 Å². The molecule has 1 fully saturated rings. The van der Waals surface area contributed by atoms with Gasteiger partial charge in [-0.25, -0.2) is 14.2 Å². The Morgan fingerprint density at radius 1 is 1.35 bits per heavy atom. The smallest absolute Gasteiger partial charge is 0.353 e. The molecule has 0 saturated heterocycles. The molecule has 1 saturated carbocycles. The van der Waals surface area contributed by atoms with Gasteiger partial charge in [-0.2, -0.15) is 4.68 Å². The van der Waals surface area contributed by atoms with Crippen LogP contribution in [0, 0.1) is 0 Å². The topological polar surface area (TPSA) is 94.2 Å². The third-order valence-electron chi connectivity index (χ3n) is 3.74. The van der Waals surface area contributed by atoms with E-state index in [-0.39, 0.29) is 29.0 Å². The summed E-state index contributed by atoms with van der Waals surface area (Å²) in [4.78, 5) is 28.0. The van der Waals surface area contributed by atoms with E-state index < -0.39 is 0 Å². The van der Waals surface area contributed by atoms with Gasteiger partial charge in [-0.3, -0.25) is 4.79 Å². The normalized spacial score (nSPS) is 16.4. The van der Waals surface area contributed by atoms with Crippen LogP contribution in [0.2, 0.25) is 0 Å². The largest absolute Gasteiger partial charge is 0.354 e. The average molecular weight is 276 g/mol. The highest BCUT2D eigenvalue weighted by Gasteiger charge is 2.21. The second kappa shape index (κ2) is 5.03. The zero-order chi connectivity index (χ0) is 14.1. The summed E-state index contributed by atoms with van der Waals surface area (Å²) in [6.45, 7) is 0. The fourth-order valence-corrected chi connectivity index (χ4v) is 2.65. The first-order valence-electron chi connectivity index (χ1n) is 6.77. The molecule has 20 heavy (non-hydrogen) atoms. The summed E-state index contributed by atoms with van der Waals surface area (Å²) in [5, 5.41) is 10.5. The number of amides is 1. The Kier molecular flexibility index (Phi) is 3.21. The van der Waals surface area contributed by atoms with E-state index in [9.17, 15) is 9.59 Å². The van der Waals surface area contributed by atoms with Crippen LogP contribution in [0.5, 0.6) is 0 Å². The maximum atomic E-state index is 12.4. The summed E-state index contributed by atoms with van der Waals surface area (Å²) in [7, 11) is 1.50. The van der Waals surface area contributed by atoms with Crippen molar-refractivity contribution in [2.75, 3.05) is 7.05 Å². The standard InChI is InChI=1S/C12H16N6O2/c1-13-11(19)9-10-15-16-18(8-5-3-2-4-6-8)12(20)17(10)7-14-9/h7-8H,2-6H2,1H3,(H,13,19). The molecule has 8 nitrogen and oxygen atoms in total. The van der Waals surface area contributed by atoms with Crippen molar-refractivity contribution < 1.29 is 4.79 Å². The van der Waals surface area contributed by atoms with Crippen LogP contribution in [0.4, 0.5) is 0 Å². The summed E-state index contributed by atoms with van der Waals surface area (Å²) in [6.07, 6.45) is 6.62. The van der Waals surface area contributed by atoms with Crippen LogP contribution in [0.15, 0.2) is 11.1 Å². The van der Waals surface area contributed by atoms with Crippen molar-refractivity contribution in [2.24, 2.45) is 0 Å². The Labute approximate surface area is 114 Å². The van der Waals surface area contributed by atoms with Crippen LogP contribution in [0.1, 0.15) is 48.6 Å². The Hall–Kier alpha value is -2.25. The predicted octanol–water partition coefficient (Wildman–Crippen LogP) is 0.151. The second-order valence-electron chi connectivity index (χ2n) is 4.97. The van der Waals surface area contributed by atoms with Gasteiger partial charge in [0, 0.05) is 7.05 Å². The lowest BCUT2D eigenvalue weighted by Crippen LogP contribution is -2.34. The lowest BCUT2D eigenvalue weighted by molar-refractivity contribution is 0.0960. The van der Waals surface area contributed by atoms with Gasteiger partial charge >= 0.3 is 5.69 Å². The van der Waals surface area contributed by atoms with Crippen molar-refractivity contribution in [1.29, 1.82) is 0 Å². The number of imidazole rings is 1. The van der Waals surface area contributed by atoms with Crippen molar-refractivity contribution in [2.45, 2.75) is 38.1 Å². The molecular formula is C12H16N6O2. The molecular weight excluding hydrogens is 260 g/mol. The number of hydrogen-bond donors (Lipinski definition) is 1. The second-order valence-corrected chi connectivity index (χ2v) is 4.97. The quantitative estimate of drug-likeness (QED) is 0.842. The Bertz CT molecular complexity index is 698. The number of nitrogens with one attached hydrogen (secondary N) is 1. The fourth-order valence-electron chi connectivity index (χ4n) is 2.65. The van der Waals surface area contributed by atoms with Crippen molar-refractivity contribution >= 4 is 11.6 Å². The molecule has 8 heteroatoms. The lowest BCUT2D eigenvalue weighted by atomic mass is 9.96. The van der Waals surface area contributed by atoms with Crippen molar-refractivity contribution in [1.82, 2.24) is 29.7 Å². The van der Waals surface area contributed by atoms with Crippen LogP contribution in [-0.2, 0) is 0 Å². The average Bonchev–Trinajstić information content (AvgIpc) is 2.92. The molecule has 1 aliphatic rings. The molecule has 2 aromatic heterocycles. The first-order valence-corrected chi connectivity index (χ1v) is 6.77. The minimum atomic E-state index is -0.378. The number of rotatable bonds is 2. The zero-order valence-corrected chi connectivity index (χ0v) is 11.2. The van der Waals surface area contributed by atoms with Gasteiger partial charge in [0.05, 0.1) is 6.04 Å². The van der Waals surface area contributed by atoms with Gasteiger partial charge in [0.1, 0.15) is 6.33 Å². The van der Waals surface area contributed by atoms with E-state index in [1.54, 1.807) is 0 Å². The molecule has 0 radical (unpaired) electrons. The number of hydrogen-bond acceptors (Lipinski definition) is 5. The first-order chi connectivity index (χ1) is 9.72. The molecule has 1 aliphatic carbocycles. The summed E-state index contributed by atoms with van der Waals surface area (Å²) in [6, 6.07) is 0.0963. The van der Waals surface area contributed by atoms with Gasteiger partial charge < -0.3 is 5.32 Å². The van der Waals surface area contributed by atoms with E-state index in [2.05, 4.69) is 20.6 Å². The van der Waals surface area contributed by atoms with E-state index in [0.29, 0.717) is 0 Å². The van der Waals surface area contributed by atoms with Crippen LogP contribution in [0.25, 0.3) is 5.65 Å². The summed E-state index contributed by atoms with van der Waals surface area (Å²) >= 11 is 0. The Morgan fingerprint density at radius 2 is 2.10 bits per heavy atom. The van der Waals surface area contributed by atoms with Gasteiger partial charge in [0.2, 0.25) is 0 Å². The molecule has 2 heterocycles. The van der Waals surface area contributed by atoms with Gasteiger partial charge in [0.25, 0.3) is 5.91 Å². The first kappa shape index (κ1) is 12.8. The molecule has 2 aromatic rings. The summed E-state index contributed by atoms with van der Waals surface area (Å²) < 4.78 is 2.70. The fraction of sp³-hybridized carbons (Fsp3) is 0.583. The van der Waals surface area contributed by atoms with E-state index >= 15 is 0 Å². The van der Waals surface area contributed by atoms with Gasteiger partial charge in [-0.05, 0) is 12.8 Å². The minimum absolute atomic E-state index is 0.0963. The van der Waals surface area contributed by atoms with Crippen molar-refractivity contribution in [3.63, 3.8) is 0 Å². The Balaban J connectivity index is 2.07. The monoisotopic (exact) mass is 276 g/mol. The van der Waals surface area contributed by atoms with Gasteiger partial charge in [-0.15, -0.1) is 5.10 Å². The summed E-state index contributed by atoms with van der Waals surface area (Å²) in [5.41, 5.74) is 0.0267. The molecule has 0 spiro atoms. The number of nitrogens with zero attached hydrogens (tertiary/aromatic N) is 5. The van der Waals surface area contributed by atoms with E-state index in [4.69, 9.17) is 0 Å². The van der Waals surface area contributed by atoms with Gasteiger partial charge in [0.15, 0.2) is 11.3 Å². The number of fused-ring (bicyclic) bond motifs is 1. The highest BCUT2D eigenvalue weighted by molar-refractivity contribution is 5.97. The molecule has 0 bridgehead atoms. The molecule has 106 valence electrons. The van der Waals surface area contributed by atoms with Crippen molar-refractivity contribution in [3.8, 4) is 0 Å². The maximum Gasteiger partial charge on any atom is 0.353 e. The Morgan fingerprint density at radius 3 is 2.80 bits per heavy atom. The molecule has 0 aromatic carbocycles. The molecule has 0 aliphatic heterocycles. The number of carbonyl (C=O) groups excluding carboxylic acids is 1.